The van der Waals surface area contributed by atoms with Crippen LogP contribution in [0.1, 0.15) is 5.89 Å². The molecular weight excluding hydrogens is 395 g/mol. The topological polar surface area (TPSA) is 54.6 Å². The van der Waals surface area contributed by atoms with Crippen molar-refractivity contribution in [3.05, 3.63) is 65.3 Å². The van der Waals surface area contributed by atoms with Gasteiger partial charge in [-0.2, -0.15) is 4.98 Å². The average Bonchev–Trinajstić information content (AvgIpc) is 3.20. The molecule has 2 aromatic carbocycles. The van der Waals surface area contributed by atoms with Gasteiger partial charge in [0.05, 0.1) is 11.6 Å². The number of piperazine rings is 1. The van der Waals surface area contributed by atoms with Crippen molar-refractivity contribution in [2.45, 2.75) is 6.54 Å². The summed E-state index contributed by atoms with van der Waals surface area (Å²) in [5.41, 5.74) is 0.740. The zero-order valence-electron chi connectivity index (χ0n) is 15.9. The third-order valence-corrected chi connectivity index (χ3v) is 5.21. The van der Waals surface area contributed by atoms with Gasteiger partial charge in [0.15, 0.2) is 0 Å². The minimum absolute atomic E-state index is 0.285. The molecule has 6 nitrogen and oxygen atoms in total. The summed E-state index contributed by atoms with van der Waals surface area (Å²) >= 11 is 6.11. The first kappa shape index (κ1) is 19.8. The molecule has 0 N–H and O–H groups in total. The van der Waals surface area contributed by atoms with Gasteiger partial charge in [0, 0.05) is 38.3 Å². The highest BCUT2D eigenvalue weighted by Gasteiger charge is 2.19. The molecular formula is C21H22ClFN4O2. The number of aromatic nitrogens is 2. The van der Waals surface area contributed by atoms with Crippen LogP contribution in [0.3, 0.4) is 0 Å². The third kappa shape index (κ3) is 5.32. The number of nitrogens with zero attached hydrogens (tertiary/aromatic N) is 4. The number of halogens is 2. The van der Waals surface area contributed by atoms with Crippen LogP contribution < -0.4 is 4.74 Å². The van der Waals surface area contributed by atoms with E-state index in [1.165, 1.54) is 12.1 Å². The Bertz CT molecular complexity index is 926. The molecule has 0 bridgehead atoms. The van der Waals surface area contributed by atoms with Crippen molar-refractivity contribution < 1.29 is 13.7 Å². The predicted octanol–water partition coefficient (Wildman–Crippen LogP) is 3.73. The van der Waals surface area contributed by atoms with Crippen molar-refractivity contribution in [2.75, 3.05) is 39.3 Å². The number of rotatable bonds is 7. The van der Waals surface area contributed by atoms with Gasteiger partial charge < -0.3 is 9.26 Å². The van der Waals surface area contributed by atoms with Crippen LogP contribution in [0, 0.1) is 5.82 Å². The average molecular weight is 417 g/mol. The Morgan fingerprint density at radius 3 is 2.48 bits per heavy atom. The van der Waals surface area contributed by atoms with Gasteiger partial charge in [0.1, 0.15) is 18.2 Å². The Balaban J connectivity index is 1.21. The third-order valence-electron chi connectivity index (χ3n) is 4.90. The number of benzene rings is 2. The molecule has 0 saturated carbocycles. The molecule has 8 heteroatoms. The van der Waals surface area contributed by atoms with Crippen LogP contribution in [0.2, 0.25) is 5.02 Å². The molecule has 1 saturated heterocycles. The molecule has 1 fully saturated rings. The van der Waals surface area contributed by atoms with Gasteiger partial charge in [-0.05, 0) is 36.4 Å². The second kappa shape index (κ2) is 9.35. The zero-order chi connectivity index (χ0) is 20.1. The molecule has 4 rings (SSSR count). The molecule has 152 valence electrons. The van der Waals surface area contributed by atoms with Gasteiger partial charge >= 0.3 is 0 Å². The highest BCUT2D eigenvalue weighted by Crippen LogP contribution is 2.23. The van der Waals surface area contributed by atoms with Crippen molar-refractivity contribution in [3.63, 3.8) is 0 Å². The van der Waals surface area contributed by atoms with Crippen LogP contribution in [0.5, 0.6) is 5.75 Å². The SMILES string of the molecule is Fc1ccc(-c2noc(CN3CCN(CCOc4ccccc4Cl)CC3)n2)cc1. The molecule has 0 unspecified atom stereocenters. The molecule has 0 atom stereocenters. The number of para-hydroxylation sites is 1. The van der Waals surface area contributed by atoms with E-state index in [0.29, 0.717) is 29.9 Å². The van der Waals surface area contributed by atoms with Gasteiger partial charge in [-0.25, -0.2) is 4.39 Å². The molecule has 0 radical (unpaired) electrons. The van der Waals surface area contributed by atoms with Crippen LogP contribution in [-0.4, -0.2) is 59.3 Å². The molecule has 29 heavy (non-hydrogen) atoms. The molecule has 1 aromatic heterocycles. The minimum Gasteiger partial charge on any atom is -0.491 e. The van der Waals surface area contributed by atoms with E-state index >= 15 is 0 Å². The van der Waals surface area contributed by atoms with E-state index in [9.17, 15) is 4.39 Å². The van der Waals surface area contributed by atoms with Crippen LogP contribution in [0.15, 0.2) is 53.1 Å². The largest absolute Gasteiger partial charge is 0.491 e. The first-order chi connectivity index (χ1) is 14.2. The van der Waals surface area contributed by atoms with E-state index < -0.39 is 0 Å². The molecule has 2 heterocycles. The first-order valence-corrected chi connectivity index (χ1v) is 9.96. The molecule has 0 amide bonds. The van der Waals surface area contributed by atoms with E-state index in [2.05, 4.69) is 19.9 Å². The summed E-state index contributed by atoms with van der Waals surface area (Å²) in [4.78, 5) is 9.08. The maximum Gasteiger partial charge on any atom is 0.241 e. The fourth-order valence-corrected chi connectivity index (χ4v) is 3.43. The van der Waals surface area contributed by atoms with Gasteiger partial charge in [0.25, 0.3) is 0 Å². The summed E-state index contributed by atoms with van der Waals surface area (Å²) < 4.78 is 24.2. The summed E-state index contributed by atoms with van der Waals surface area (Å²) in [5, 5.41) is 4.64. The molecule has 3 aromatic rings. The quantitative estimate of drug-likeness (QED) is 0.585. The number of hydrogen-bond donors (Lipinski definition) is 0. The lowest BCUT2D eigenvalue weighted by Gasteiger charge is -2.33. The molecule has 0 aliphatic carbocycles. The Labute approximate surface area is 173 Å². The van der Waals surface area contributed by atoms with Gasteiger partial charge in [0.2, 0.25) is 11.7 Å². The van der Waals surface area contributed by atoms with E-state index in [4.69, 9.17) is 20.9 Å². The van der Waals surface area contributed by atoms with Crippen molar-refractivity contribution in [1.29, 1.82) is 0 Å². The van der Waals surface area contributed by atoms with Crippen molar-refractivity contribution >= 4 is 11.6 Å². The highest BCUT2D eigenvalue weighted by molar-refractivity contribution is 6.32. The maximum atomic E-state index is 13.0. The Morgan fingerprint density at radius 2 is 1.72 bits per heavy atom. The second-order valence-electron chi connectivity index (χ2n) is 6.92. The zero-order valence-corrected chi connectivity index (χ0v) is 16.7. The van der Waals surface area contributed by atoms with Crippen LogP contribution >= 0.6 is 11.6 Å². The van der Waals surface area contributed by atoms with Gasteiger partial charge in [-0.1, -0.05) is 28.9 Å². The number of ether oxygens (including phenoxy) is 1. The minimum atomic E-state index is -0.285. The lowest BCUT2D eigenvalue weighted by molar-refractivity contribution is 0.104. The summed E-state index contributed by atoms with van der Waals surface area (Å²) in [6.45, 7) is 5.80. The lowest BCUT2D eigenvalue weighted by atomic mass is 10.2. The lowest BCUT2D eigenvalue weighted by Crippen LogP contribution is -2.47. The van der Waals surface area contributed by atoms with Crippen LogP contribution in [0.4, 0.5) is 4.39 Å². The summed E-state index contributed by atoms with van der Waals surface area (Å²) in [5.74, 6) is 1.49. The Kier molecular flexibility index (Phi) is 6.39. The standard InChI is InChI=1S/C21H22ClFN4O2/c22-18-3-1-2-4-19(18)28-14-13-26-9-11-27(12-10-26)15-20-24-21(25-29-20)16-5-7-17(23)8-6-16/h1-8H,9-15H2. The fraction of sp³-hybridized carbons (Fsp3) is 0.333. The van der Waals surface area contributed by atoms with Gasteiger partial charge in [-0.3, -0.25) is 9.80 Å². The van der Waals surface area contributed by atoms with Crippen molar-refractivity contribution in [3.8, 4) is 17.1 Å². The normalized spacial score (nSPS) is 15.5. The molecule has 1 aliphatic heterocycles. The molecule has 0 spiro atoms. The Hall–Kier alpha value is -2.48. The number of hydrogen-bond acceptors (Lipinski definition) is 6. The summed E-state index contributed by atoms with van der Waals surface area (Å²) in [6.07, 6.45) is 0. The van der Waals surface area contributed by atoms with Gasteiger partial charge in [-0.15, -0.1) is 0 Å². The fourth-order valence-electron chi connectivity index (χ4n) is 3.24. The van der Waals surface area contributed by atoms with Crippen LogP contribution in [0.25, 0.3) is 11.4 Å². The van der Waals surface area contributed by atoms with E-state index in [1.54, 1.807) is 12.1 Å². The summed E-state index contributed by atoms with van der Waals surface area (Å²) in [7, 11) is 0. The highest BCUT2D eigenvalue weighted by atomic mass is 35.5. The predicted molar refractivity (Wildman–Crippen MR) is 108 cm³/mol. The monoisotopic (exact) mass is 416 g/mol. The Morgan fingerprint density at radius 1 is 1.00 bits per heavy atom. The van der Waals surface area contributed by atoms with Crippen molar-refractivity contribution in [2.24, 2.45) is 0 Å². The second-order valence-corrected chi connectivity index (χ2v) is 7.32. The van der Waals surface area contributed by atoms with E-state index in [-0.39, 0.29) is 5.82 Å². The smallest absolute Gasteiger partial charge is 0.241 e. The van der Waals surface area contributed by atoms with Crippen molar-refractivity contribution in [1.82, 2.24) is 19.9 Å². The van der Waals surface area contributed by atoms with Crippen LogP contribution in [-0.2, 0) is 6.54 Å². The first-order valence-electron chi connectivity index (χ1n) is 9.58. The van der Waals surface area contributed by atoms with E-state index in [1.807, 2.05) is 24.3 Å². The molecule has 1 aliphatic rings. The maximum absolute atomic E-state index is 13.0. The summed E-state index contributed by atoms with van der Waals surface area (Å²) in [6, 6.07) is 13.6. The van der Waals surface area contributed by atoms with E-state index in [0.717, 1.165) is 44.0 Å².